The maximum absolute atomic E-state index is 14.0. The fourth-order valence-corrected chi connectivity index (χ4v) is 3.83. The van der Waals surface area contributed by atoms with Crippen LogP contribution in [-0.4, -0.2) is 30.3 Å². The van der Waals surface area contributed by atoms with Crippen molar-refractivity contribution in [1.29, 1.82) is 0 Å². The van der Waals surface area contributed by atoms with E-state index < -0.39 is 35.7 Å². The fourth-order valence-electron chi connectivity index (χ4n) is 3.83. The first kappa shape index (κ1) is 22.9. The van der Waals surface area contributed by atoms with E-state index in [1.165, 1.54) is 20.1 Å². The van der Waals surface area contributed by atoms with Crippen LogP contribution in [0.25, 0.3) is 0 Å². The van der Waals surface area contributed by atoms with Crippen LogP contribution < -0.4 is 4.74 Å². The normalized spacial score (nSPS) is 16.0. The summed E-state index contributed by atoms with van der Waals surface area (Å²) in [6.07, 6.45) is -6.64. The Kier molecular flexibility index (Phi) is 6.42. The second kappa shape index (κ2) is 8.14. The zero-order valence-electron chi connectivity index (χ0n) is 16.7. The van der Waals surface area contributed by atoms with Gasteiger partial charge in [-0.3, -0.25) is 4.79 Å². The van der Waals surface area contributed by atoms with Gasteiger partial charge in [0.1, 0.15) is 11.6 Å². The molecule has 7 heteroatoms. The molecule has 0 radical (unpaired) electrons. The molecule has 0 amide bonds. The number of hydrogen-bond acceptors (Lipinski definition) is 3. The first-order valence-corrected chi connectivity index (χ1v) is 9.00. The Morgan fingerprint density at radius 1 is 1.07 bits per heavy atom. The minimum absolute atomic E-state index is 0.0293. The maximum Gasteiger partial charge on any atom is 0.424 e. The van der Waals surface area contributed by atoms with Gasteiger partial charge in [0, 0.05) is 17.4 Å². The van der Waals surface area contributed by atoms with E-state index >= 15 is 0 Å². The van der Waals surface area contributed by atoms with Crippen LogP contribution in [0.2, 0.25) is 0 Å². The van der Waals surface area contributed by atoms with Crippen molar-refractivity contribution in [2.24, 2.45) is 0 Å². The third-order valence-corrected chi connectivity index (χ3v) is 5.03. The molecule has 0 heterocycles. The smallest absolute Gasteiger partial charge is 0.424 e. The molecule has 2 atom stereocenters. The van der Waals surface area contributed by atoms with Crippen molar-refractivity contribution in [3.8, 4) is 5.75 Å². The molecule has 0 aliphatic heterocycles. The van der Waals surface area contributed by atoms with Crippen LogP contribution in [0.4, 0.5) is 17.6 Å². The van der Waals surface area contributed by atoms with E-state index in [1.54, 1.807) is 0 Å². The van der Waals surface area contributed by atoms with Gasteiger partial charge in [-0.05, 0) is 44.0 Å². The molecular weight excluding hydrogens is 388 g/mol. The van der Waals surface area contributed by atoms with Crippen LogP contribution in [0.5, 0.6) is 5.75 Å². The molecule has 0 bridgehead atoms. The average molecular weight is 412 g/mol. The Bertz CT molecular complexity index is 874. The topological polar surface area (TPSA) is 46.5 Å². The predicted molar refractivity (Wildman–Crippen MR) is 102 cm³/mol. The maximum atomic E-state index is 14.0. The predicted octanol–water partition coefficient (Wildman–Crippen LogP) is 4.83. The van der Waals surface area contributed by atoms with E-state index in [4.69, 9.17) is 4.74 Å². The van der Waals surface area contributed by atoms with Gasteiger partial charge in [-0.2, -0.15) is 13.2 Å². The molecule has 2 aromatic rings. The van der Waals surface area contributed by atoms with Gasteiger partial charge in [-0.25, -0.2) is 4.39 Å². The highest BCUT2D eigenvalue weighted by atomic mass is 19.4. The summed E-state index contributed by atoms with van der Waals surface area (Å²) in [5.74, 6) is -0.484. The summed E-state index contributed by atoms with van der Waals surface area (Å²) in [6.45, 7) is 5.17. The number of halogens is 4. The van der Waals surface area contributed by atoms with Gasteiger partial charge in [0.15, 0.2) is 6.29 Å². The number of hydrogen-bond donors (Lipinski definition) is 1. The Morgan fingerprint density at radius 2 is 1.66 bits per heavy atom. The Labute approximate surface area is 167 Å². The summed E-state index contributed by atoms with van der Waals surface area (Å²) >= 11 is 0. The van der Waals surface area contributed by atoms with Gasteiger partial charge in [0.2, 0.25) is 5.60 Å². The summed E-state index contributed by atoms with van der Waals surface area (Å²) in [5.41, 5.74) is -2.38. The minimum atomic E-state index is -5.18. The van der Waals surface area contributed by atoms with E-state index in [0.29, 0.717) is 5.56 Å². The van der Waals surface area contributed by atoms with E-state index in [-0.39, 0.29) is 17.7 Å². The number of alkyl halides is 3. The van der Waals surface area contributed by atoms with Crippen LogP contribution >= 0.6 is 0 Å². The van der Waals surface area contributed by atoms with Crippen LogP contribution in [-0.2, 0) is 16.6 Å². The van der Waals surface area contributed by atoms with Gasteiger partial charge in [0.05, 0.1) is 7.11 Å². The summed E-state index contributed by atoms with van der Waals surface area (Å²) < 4.78 is 59.7. The number of benzene rings is 2. The van der Waals surface area contributed by atoms with Gasteiger partial charge in [-0.1, -0.05) is 36.2 Å². The van der Waals surface area contributed by atoms with Crippen molar-refractivity contribution < 1.29 is 32.2 Å². The summed E-state index contributed by atoms with van der Waals surface area (Å²) in [7, 11) is 1.32. The summed E-state index contributed by atoms with van der Waals surface area (Å²) in [4.78, 5) is 11.3. The van der Waals surface area contributed by atoms with E-state index in [2.05, 4.69) is 0 Å². The minimum Gasteiger partial charge on any atom is -0.496 e. The fraction of sp³-hybridized carbons (Fsp3) is 0.409. The number of rotatable bonds is 7. The lowest BCUT2D eigenvalue weighted by Gasteiger charge is -2.38. The molecule has 2 aromatic carbocycles. The van der Waals surface area contributed by atoms with Crippen molar-refractivity contribution in [3.63, 3.8) is 0 Å². The second-order valence-corrected chi connectivity index (χ2v) is 7.79. The number of aryl methyl sites for hydroxylation is 2. The Hall–Kier alpha value is -2.41. The number of carbonyl (C=O) groups excluding carboxylic acids is 1. The van der Waals surface area contributed by atoms with Crippen LogP contribution in [0.3, 0.4) is 0 Å². The number of aldehydes is 1. The molecule has 0 aliphatic carbocycles. The molecule has 29 heavy (non-hydrogen) atoms. The molecule has 2 rings (SSSR count). The van der Waals surface area contributed by atoms with Gasteiger partial charge < -0.3 is 9.84 Å². The molecule has 3 nitrogen and oxygen atoms in total. The van der Waals surface area contributed by atoms with E-state index in [9.17, 15) is 27.5 Å². The number of ether oxygens (including phenoxy) is 1. The molecule has 158 valence electrons. The highest BCUT2D eigenvalue weighted by Gasteiger charge is 2.57. The Morgan fingerprint density at radius 3 is 2.14 bits per heavy atom. The van der Waals surface area contributed by atoms with Crippen molar-refractivity contribution in [1.82, 2.24) is 0 Å². The molecule has 0 aromatic heterocycles. The Balaban J connectivity index is 2.67. The highest BCUT2D eigenvalue weighted by molar-refractivity contribution is 5.64. The molecule has 0 saturated carbocycles. The van der Waals surface area contributed by atoms with Crippen molar-refractivity contribution in [2.45, 2.75) is 50.8 Å². The van der Waals surface area contributed by atoms with Gasteiger partial charge in [0.25, 0.3) is 0 Å². The number of aliphatic hydroxyl groups is 1. The summed E-state index contributed by atoms with van der Waals surface area (Å²) in [6, 6.07) is 9.08. The molecule has 1 N–H and O–H groups in total. The SMILES string of the molecule is COc1ccc(F)cc1C(C)(Cc1cc(C)cc(C)c1)CC(O)(C=O)C(F)(F)F. The zero-order valence-corrected chi connectivity index (χ0v) is 16.7. The average Bonchev–Trinajstić information content (AvgIpc) is 2.59. The van der Waals surface area contributed by atoms with Crippen molar-refractivity contribution in [2.75, 3.05) is 7.11 Å². The molecule has 0 spiro atoms. The third kappa shape index (κ3) is 4.96. The standard InChI is InChI=1S/C22H24F4O3/c1-14-7-15(2)9-16(8-14)11-20(3,12-21(28,13-27)22(24,25)26)18-10-17(23)5-6-19(18)29-4/h5-10,13,28H,11-12H2,1-4H3. The largest absolute Gasteiger partial charge is 0.496 e. The molecule has 0 aliphatic rings. The first-order chi connectivity index (χ1) is 13.3. The third-order valence-electron chi connectivity index (χ3n) is 5.03. The summed E-state index contributed by atoms with van der Waals surface area (Å²) in [5, 5.41) is 10.1. The molecule has 0 fully saturated rings. The van der Waals surface area contributed by atoms with Gasteiger partial charge in [-0.15, -0.1) is 0 Å². The van der Waals surface area contributed by atoms with Crippen LogP contribution in [0.15, 0.2) is 36.4 Å². The number of methoxy groups -OCH3 is 1. The van der Waals surface area contributed by atoms with Crippen molar-refractivity contribution >= 4 is 6.29 Å². The first-order valence-electron chi connectivity index (χ1n) is 9.00. The molecule has 2 unspecified atom stereocenters. The van der Waals surface area contributed by atoms with Crippen LogP contribution in [0, 0.1) is 19.7 Å². The monoisotopic (exact) mass is 412 g/mol. The second-order valence-electron chi connectivity index (χ2n) is 7.79. The van der Waals surface area contributed by atoms with Crippen LogP contribution in [0.1, 0.15) is 35.6 Å². The lowest BCUT2D eigenvalue weighted by Crippen LogP contribution is -2.51. The highest BCUT2D eigenvalue weighted by Crippen LogP contribution is 2.45. The molecular formula is C22H24F4O3. The van der Waals surface area contributed by atoms with Crippen molar-refractivity contribution in [3.05, 3.63) is 64.5 Å². The van der Waals surface area contributed by atoms with Gasteiger partial charge >= 0.3 is 6.18 Å². The zero-order chi connectivity index (χ0) is 22.0. The van der Waals surface area contributed by atoms with E-state index in [0.717, 1.165) is 23.3 Å². The van der Waals surface area contributed by atoms with E-state index in [1.807, 2.05) is 32.0 Å². The lowest BCUT2D eigenvalue weighted by atomic mass is 9.69. The quantitative estimate of drug-likeness (QED) is 0.523. The molecule has 0 saturated heterocycles. The lowest BCUT2D eigenvalue weighted by molar-refractivity contribution is -0.250. The number of carbonyl (C=O) groups is 1.